The van der Waals surface area contributed by atoms with Crippen molar-refractivity contribution in [3.05, 3.63) is 23.8 Å². The van der Waals surface area contributed by atoms with Crippen molar-refractivity contribution in [1.29, 1.82) is 0 Å². The van der Waals surface area contributed by atoms with Crippen LogP contribution in [-0.4, -0.2) is 59.7 Å². The molecule has 0 radical (unpaired) electrons. The fourth-order valence-electron chi connectivity index (χ4n) is 3.10. The van der Waals surface area contributed by atoms with Crippen molar-refractivity contribution < 1.29 is 18.9 Å². The van der Waals surface area contributed by atoms with Gasteiger partial charge in [0.25, 0.3) is 0 Å². The smallest absolute Gasteiger partial charge is 0.191 e. The molecule has 0 spiro atoms. The first-order valence-electron chi connectivity index (χ1n) is 10.7. The van der Waals surface area contributed by atoms with Gasteiger partial charge in [-0.15, -0.1) is 24.0 Å². The van der Waals surface area contributed by atoms with E-state index in [1.54, 1.807) is 14.2 Å². The Hall–Kier alpha value is -1.26. The summed E-state index contributed by atoms with van der Waals surface area (Å²) in [7, 11) is 3.44. The molecule has 0 bridgehead atoms. The lowest BCUT2D eigenvalue weighted by molar-refractivity contribution is 0.0203. The van der Waals surface area contributed by atoms with E-state index in [1.165, 1.54) is 0 Å². The van der Waals surface area contributed by atoms with Crippen LogP contribution in [0.5, 0.6) is 11.5 Å². The second-order valence-electron chi connectivity index (χ2n) is 7.17. The van der Waals surface area contributed by atoms with Crippen LogP contribution in [0.4, 0.5) is 0 Å². The third-order valence-electron chi connectivity index (χ3n) is 4.83. The minimum absolute atomic E-state index is 0. The Morgan fingerprint density at radius 1 is 1.17 bits per heavy atom. The zero-order chi connectivity index (χ0) is 20.7. The summed E-state index contributed by atoms with van der Waals surface area (Å²) in [6.07, 6.45) is 4.15. The van der Waals surface area contributed by atoms with Crippen LogP contribution in [-0.2, 0) is 16.0 Å². The fraction of sp³-hybridized carbons (Fsp3) is 0.682. The number of methoxy groups -OCH3 is 1. The van der Waals surface area contributed by atoms with Crippen molar-refractivity contribution in [2.45, 2.75) is 39.2 Å². The van der Waals surface area contributed by atoms with E-state index in [4.69, 9.17) is 18.9 Å². The van der Waals surface area contributed by atoms with Crippen molar-refractivity contribution in [2.24, 2.45) is 10.9 Å². The van der Waals surface area contributed by atoms with E-state index < -0.39 is 0 Å². The van der Waals surface area contributed by atoms with Gasteiger partial charge in [-0.1, -0.05) is 13.0 Å². The first-order chi connectivity index (χ1) is 14.3. The first-order valence-corrected chi connectivity index (χ1v) is 10.7. The van der Waals surface area contributed by atoms with E-state index in [0.717, 1.165) is 81.7 Å². The maximum Gasteiger partial charge on any atom is 0.191 e. The zero-order valence-electron chi connectivity index (χ0n) is 18.6. The highest BCUT2D eigenvalue weighted by Gasteiger charge is 2.13. The molecular formula is C22H38IN3O4. The van der Waals surface area contributed by atoms with Crippen LogP contribution < -0.4 is 20.1 Å². The van der Waals surface area contributed by atoms with Crippen LogP contribution in [0.2, 0.25) is 0 Å². The summed E-state index contributed by atoms with van der Waals surface area (Å²) < 4.78 is 22.3. The number of rotatable bonds is 12. The number of guanidine groups is 1. The molecule has 7 nitrogen and oxygen atoms in total. The minimum atomic E-state index is 0. The molecule has 1 fully saturated rings. The van der Waals surface area contributed by atoms with Crippen molar-refractivity contribution in [3.63, 3.8) is 0 Å². The molecule has 1 aliphatic rings. The van der Waals surface area contributed by atoms with Gasteiger partial charge in [-0.2, -0.15) is 0 Å². The lowest BCUT2D eigenvalue weighted by Gasteiger charge is -2.21. The molecule has 1 aromatic carbocycles. The van der Waals surface area contributed by atoms with Gasteiger partial charge >= 0.3 is 0 Å². The van der Waals surface area contributed by atoms with E-state index >= 15 is 0 Å². The van der Waals surface area contributed by atoms with E-state index in [9.17, 15) is 0 Å². The molecule has 1 aliphatic heterocycles. The maximum atomic E-state index is 5.80. The number of halogens is 1. The van der Waals surface area contributed by atoms with E-state index in [2.05, 4.69) is 22.5 Å². The van der Waals surface area contributed by atoms with Gasteiger partial charge in [-0.05, 0) is 49.3 Å². The number of benzene rings is 1. The second kappa shape index (κ2) is 16.4. The molecule has 0 atom stereocenters. The van der Waals surface area contributed by atoms with Gasteiger partial charge in [0.15, 0.2) is 17.5 Å². The molecule has 0 aliphatic carbocycles. The molecule has 1 heterocycles. The molecule has 0 unspecified atom stereocenters. The number of nitrogens with one attached hydrogen (secondary N) is 2. The number of ether oxygens (including phenoxy) is 4. The predicted molar refractivity (Wildman–Crippen MR) is 131 cm³/mol. The Kier molecular flexibility index (Phi) is 14.7. The van der Waals surface area contributed by atoms with Gasteiger partial charge < -0.3 is 29.6 Å². The minimum Gasteiger partial charge on any atom is -0.493 e. The highest BCUT2D eigenvalue weighted by atomic mass is 127. The zero-order valence-corrected chi connectivity index (χ0v) is 20.9. The molecule has 2 rings (SSSR count). The fourth-order valence-corrected chi connectivity index (χ4v) is 3.10. The highest BCUT2D eigenvalue weighted by Crippen LogP contribution is 2.28. The Balaban J connectivity index is 0.00000450. The second-order valence-corrected chi connectivity index (χ2v) is 7.17. The van der Waals surface area contributed by atoms with E-state index in [0.29, 0.717) is 19.1 Å². The van der Waals surface area contributed by atoms with Crippen LogP contribution >= 0.6 is 24.0 Å². The number of hydrogen-bond acceptors (Lipinski definition) is 5. The number of nitrogens with zero attached hydrogens (tertiary/aromatic N) is 1. The number of hydrogen-bond donors (Lipinski definition) is 2. The Morgan fingerprint density at radius 3 is 2.67 bits per heavy atom. The predicted octanol–water partition coefficient (Wildman–Crippen LogP) is 3.60. The van der Waals surface area contributed by atoms with Gasteiger partial charge in [0, 0.05) is 46.6 Å². The SMILES string of the molecule is CCCOc1ccc(CNC(=NC)NCCCOCC2CCOCC2)cc1OC.I. The van der Waals surface area contributed by atoms with Crippen molar-refractivity contribution >= 4 is 29.9 Å². The van der Waals surface area contributed by atoms with Crippen molar-refractivity contribution in [3.8, 4) is 11.5 Å². The Labute approximate surface area is 198 Å². The molecular weight excluding hydrogens is 497 g/mol. The summed E-state index contributed by atoms with van der Waals surface area (Å²) in [4.78, 5) is 4.28. The molecule has 1 aromatic rings. The van der Waals surface area contributed by atoms with Gasteiger partial charge in [0.2, 0.25) is 0 Å². The molecule has 30 heavy (non-hydrogen) atoms. The first kappa shape index (κ1) is 26.8. The molecule has 2 N–H and O–H groups in total. The summed E-state index contributed by atoms with van der Waals surface area (Å²) in [5, 5.41) is 6.66. The summed E-state index contributed by atoms with van der Waals surface area (Å²) in [5.74, 6) is 2.96. The van der Waals surface area contributed by atoms with E-state index in [1.807, 2.05) is 18.2 Å². The lowest BCUT2D eigenvalue weighted by Crippen LogP contribution is -2.37. The highest BCUT2D eigenvalue weighted by molar-refractivity contribution is 14.0. The summed E-state index contributed by atoms with van der Waals surface area (Å²) in [6, 6.07) is 5.99. The molecule has 172 valence electrons. The van der Waals surface area contributed by atoms with Crippen molar-refractivity contribution in [2.75, 3.05) is 53.7 Å². The van der Waals surface area contributed by atoms with Gasteiger partial charge in [0.05, 0.1) is 13.7 Å². The van der Waals surface area contributed by atoms with Crippen LogP contribution in [0.25, 0.3) is 0 Å². The molecule has 0 amide bonds. The quantitative estimate of drug-likeness (QED) is 0.185. The summed E-state index contributed by atoms with van der Waals surface area (Å²) >= 11 is 0. The molecule has 1 saturated heterocycles. The maximum absolute atomic E-state index is 5.80. The van der Waals surface area contributed by atoms with Gasteiger partial charge in [-0.25, -0.2) is 0 Å². The van der Waals surface area contributed by atoms with Crippen molar-refractivity contribution in [1.82, 2.24) is 10.6 Å². The lowest BCUT2D eigenvalue weighted by atomic mass is 10.0. The summed E-state index contributed by atoms with van der Waals surface area (Å²) in [5.41, 5.74) is 1.11. The van der Waals surface area contributed by atoms with Crippen LogP contribution in [0, 0.1) is 5.92 Å². The van der Waals surface area contributed by atoms with Crippen LogP contribution in [0.3, 0.4) is 0 Å². The third-order valence-corrected chi connectivity index (χ3v) is 4.83. The molecule has 0 aromatic heterocycles. The van der Waals surface area contributed by atoms with Crippen LogP contribution in [0.15, 0.2) is 23.2 Å². The van der Waals surface area contributed by atoms with Gasteiger partial charge in [0.1, 0.15) is 0 Å². The molecule has 8 heteroatoms. The normalized spacial score (nSPS) is 14.7. The summed E-state index contributed by atoms with van der Waals surface area (Å²) in [6.45, 7) is 7.60. The monoisotopic (exact) mass is 535 g/mol. The topological polar surface area (TPSA) is 73.3 Å². The standard InChI is InChI=1S/C22H37N3O4.HI/c1-4-11-29-20-7-6-19(15-21(20)26-3)16-25-22(23-2)24-10-5-12-28-17-18-8-13-27-14-9-18;/h6-7,15,18H,4-5,8-14,16-17H2,1-3H3,(H2,23,24,25);1H. The largest absolute Gasteiger partial charge is 0.493 e. The third kappa shape index (κ3) is 10.2. The van der Waals surface area contributed by atoms with Gasteiger partial charge in [-0.3, -0.25) is 4.99 Å². The average Bonchev–Trinajstić information content (AvgIpc) is 2.77. The Morgan fingerprint density at radius 2 is 1.97 bits per heavy atom. The average molecular weight is 535 g/mol. The van der Waals surface area contributed by atoms with E-state index in [-0.39, 0.29) is 24.0 Å². The Bertz CT molecular complexity index is 610. The number of aliphatic imine (C=N–C) groups is 1. The molecule has 0 saturated carbocycles. The van der Waals surface area contributed by atoms with Crippen LogP contribution in [0.1, 0.15) is 38.2 Å².